The highest BCUT2D eigenvalue weighted by molar-refractivity contribution is 5.74. The Kier molecular flexibility index (Phi) is 5.54. The summed E-state index contributed by atoms with van der Waals surface area (Å²) in [6, 6.07) is 0.403. The smallest absolute Gasteiger partial charge is 0.315 e. The topological polar surface area (TPSA) is 62.2 Å². The van der Waals surface area contributed by atoms with E-state index in [2.05, 4.69) is 32.0 Å². The number of hydrogen-bond acceptors (Lipinski definition) is 3. The quantitative estimate of drug-likeness (QED) is 0.842. The standard InChI is InChI=1S/C17H29N5O/c1-2-22-10-8-18-16(22)13-21-9-7-14(12-21)11-19-17(23)20-15-5-3-4-6-15/h8,10,14-15H,2-7,9,11-13H2,1H3,(H2,19,20,23). The maximum Gasteiger partial charge on any atom is 0.315 e. The molecule has 0 spiro atoms. The summed E-state index contributed by atoms with van der Waals surface area (Å²) >= 11 is 0. The van der Waals surface area contributed by atoms with Crippen LogP contribution in [0.4, 0.5) is 4.79 Å². The monoisotopic (exact) mass is 319 g/mol. The molecule has 1 aromatic rings. The first-order valence-corrected chi connectivity index (χ1v) is 9.01. The van der Waals surface area contributed by atoms with Gasteiger partial charge in [0.2, 0.25) is 0 Å². The molecule has 0 aromatic carbocycles. The van der Waals surface area contributed by atoms with Crippen LogP contribution < -0.4 is 10.6 Å². The Hall–Kier alpha value is -1.56. The fourth-order valence-corrected chi connectivity index (χ4v) is 3.75. The molecule has 1 atom stereocenters. The highest BCUT2D eigenvalue weighted by atomic mass is 16.2. The van der Waals surface area contributed by atoms with Gasteiger partial charge in [0.05, 0.1) is 6.54 Å². The molecule has 2 fully saturated rings. The number of aromatic nitrogens is 2. The lowest BCUT2D eigenvalue weighted by atomic mass is 10.1. The molecule has 2 heterocycles. The summed E-state index contributed by atoms with van der Waals surface area (Å²) in [7, 11) is 0. The van der Waals surface area contributed by atoms with E-state index < -0.39 is 0 Å². The Morgan fingerprint density at radius 3 is 2.96 bits per heavy atom. The first-order chi connectivity index (χ1) is 11.2. The molecule has 6 heteroatoms. The van der Waals surface area contributed by atoms with Gasteiger partial charge in [-0.05, 0) is 38.6 Å². The molecule has 1 aromatic heterocycles. The van der Waals surface area contributed by atoms with E-state index in [-0.39, 0.29) is 6.03 Å². The number of likely N-dealkylation sites (tertiary alicyclic amines) is 1. The van der Waals surface area contributed by atoms with Crippen LogP contribution in [0.3, 0.4) is 0 Å². The molecule has 1 aliphatic carbocycles. The summed E-state index contributed by atoms with van der Waals surface area (Å²) in [5.41, 5.74) is 0. The zero-order valence-electron chi connectivity index (χ0n) is 14.1. The van der Waals surface area contributed by atoms with Crippen molar-refractivity contribution in [2.75, 3.05) is 19.6 Å². The number of rotatable bonds is 6. The predicted octanol–water partition coefficient (Wildman–Crippen LogP) is 1.97. The molecule has 1 saturated carbocycles. The zero-order chi connectivity index (χ0) is 16.1. The molecule has 2 amide bonds. The Bertz CT molecular complexity index is 509. The molecule has 1 unspecified atom stereocenters. The largest absolute Gasteiger partial charge is 0.338 e. The molecule has 3 rings (SSSR count). The van der Waals surface area contributed by atoms with E-state index in [1.807, 2.05) is 12.4 Å². The molecule has 1 aliphatic heterocycles. The average Bonchev–Trinajstić information content (AvgIpc) is 3.27. The summed E-state index contributed by atoms with van der Waals surface area (Å²) in [6.07, 6.45) is 9.82. The van der Waals surface area contributed by atoms with E-state index >= 15 is 0 Å². The summed E-state index contributed by atoms with van der Waals surface area (Å²) in [4.78, 5) is 18.8. The third-order valence-electron chi connectivity index (χ3n) is 5.12. The number of aryl methyl sites for hydroxylation is 1. The molecule has 128 valence electrons. The van der Waals surface area contributed by atoms with Gasteiger partial charge in [0.15, 0.2) is 0 Å². The Morgan fingerprint density at radius 1 is 1.35 bits per heavy atom. The van der Waals surface area contributed by atoms with Crippen molar-refractivity contribution >= 4 is 6.03 Å². The van der Waals surface area contributed by atoms with Gasteiger partial charge >= 0.3 is 6.03 Å². The molecular weight excluding hydrogens is 290 g/mol. The van der Waals surface area contributed by atoms with Gasteiger partial charge < -0.3 is 15.2 Å². The molecule has 1 saturated heterocycles. The van der Waals surface area contributed by atoms with Gasteiger partial charge in [-0.15, -0.1) is 0 Å². The van der Waals surface area contributed by atoms with Crippen molar-refractivity contribution in [1.29, 1.82) is 0 Å². The van der Waals surface area contributed by atoms with Crippen LogP contribution >= 0.6 is 0 Å². The number of imidazole rings is 1. The molecular formula is C17H29N5O. The summed E-state index contributed by atoms with van der Waals surface area (Å²) in [5, 5.41) is 6.14. The van der Waals surface area contributed by atoms with Crippen molar-refractivity contribution in [2.24, 2.45) is 5.92 Å². The Morgan fingerprint density at radius 2 is 2.17 bits per heavy atom. The van der Waals surface area contributed by atoms with Crippen LogP contribution in [0.1, 0.15) is 44.9 Å². The van der Waals surface area contributed by atoms with Crippen molar-refractivity contribution in [1.82, 2.24) is 25.1 Å². The zero-order valence-corrected chi connectivity index (χ0v) is 14.1. The van der Waals surface area contributed by atoms with E-state index in [0.29, 0.717) is 12.0 Å². The predicted molar refractivity (Wildman–Crippen MR) is 90.1 cm³/mol. The molecule has 23 heavy (non-hydrogen) atoms. The molecule has 0 radical (unpaired) electrons. The van der Waals surface area contributed by atoms with Gasteiger partial charge in [-0.2, -0.15) is 0 Å². The van der Waals surface area contributed by atoms with Crippen LogP contribution in [-0.4, -0.2) is 46.2 Å². The van der Waals surface area contributed by atoms with Gasteiger partial charge in [0, 0.05) is 38.1 Å². The van der Waals surface area contributed by atoms with Gasteiger partial charge in [-0.1, -0.05) is 12.8 Å². The minimum atomic E-state index is 0.0110. The first-order valence-electron chi connectivity index (χ1n) is 9.01. The molecule has 2 N–H and O–H groups in total. The highest BCUT2D eigenvalue weighted by Gasteiger charge is 2.24. The number of carbonyl (C=O) groups excluding carboxylic acids is 1. The maximum atomic E-state index is 11.9. The van der Waals surface area contributed by atoms with Crippen LogP contribution in [0.15, 0.2) is 12.4 Å². The third kappa shape index (κ3) is 4.47. The number of nitrogens with one attached hydrogen (secondary N) is 2. The van der Waals surface area contributed by atoms with E-state index in [1.54, 1.807) is 0 Å². The Labute approximate surface area is 138 Å². The van der Waals surface area contributed by atoms with Crippen LogP contribution in [0.25, 0.3) is 0 Å². The highest BCUT2D eigenvalue weighted by Crippen LogP contribution is 2.19. The van der Waals surface area contributed by atoms with Crippen molar-refractivity contribution in [2.45, 2.75) is 58.2 Å². The number of urea groups is 1. The average molecular weight is 319 g/mol. The SMILES string of the molecule is CCn1ccnc1CN1CCC(CNC(=O)NC2CCCC2)C1. The van der Waals surface area contributed by atoms with Gasteiger partial charge in [0.25, 0.3) is 0 Å². The lowest BCUT2D eigenvalue weighted by molar-refractivity contribution is 0.234. The fraction of sp³-hybridized carbons (Fsp3) is 0.765. The number of carbonyl (C=O) groups is 1. The van der Waals surface area contributed by atoms with Gasteiger partial charge in [0.1, 0.15) is 5.82 Å². The first kappa shape index (κ1) is 16.3. The van der Waals surface area contributed by atoms with Crippen LogP contribution in [0, 0.1) is 5.92 Å². The van der Waals surface area contributed by atoms with Crippen LogP contribution in [-0.2, 0) is 13.1 Å². The van der Waals surface area contributed by atoms with Gasteiger partial charge in [-0.3, -0.25) is 4.90 Å². The van der Waals surface area contributed by atoms with E-state index in [4.69, 9.17) is 0 Å². The summed E-state index contributed by atoms with van der Waals surface area (Å²) in [5.74, 6) is 1.69. The second-order valence-electron chi connectivity index (χ2n) is 6.86. The van der Waals surface area contributed by atoms with E-state index in [0.717, 1.165) is 57.8 Å². The van der Waals surface area contributed by atoms with E-state index in [9.17, 15) is 4.79 Å². The van der Waals surface area contributed by atoms with Crippen LogP contribution in [0.5, 0.6) is 0 Å². The number of nitrogens with zero attached hydrogens (tertiary/aromatic N) is 3. The van der Waals surface area contributed by atoms with E-state index in [1.165, 1.54) is 12.8 Å². The normalized spacial score (nSPS) is 22.6. The van der Waals surface area contributed by atoms with Crippen molar-refractivity contribution in [3.8, 4) is 0 Å². The van der Waals surface area contributed by atoms with Crippen molar-refractivity contribution < 1.29 is 4.79 Å². The minimum absolute atomic E-state index is 0.0110. The number of hydrogen-bond donors (Lipinski definition) is 2. The van der Waals surface area contributed by atoms with Crippen molar-refractivity contribution in [3.05, 3.63) is 18.2 Å². The summed E-state index contributed by atoms with van der Waals surface area (Å²) < 4.78 is 2.20. The van der Waals surface area contributed by atoms with Crippen molar-refractivity contribution in [3.63, 3.8) is 0 Å². The lowest BCUT2D eigenvalue weighted by Gasteiger charge is -2.17. The maximum absolute atomic E-state index is 11.9. The Balaban J connectivity index is 1.37. The molecule has 2 aliphatic rings. The molecule has 0 bridgehead atoms. The number of amides is 2. The third-order valence-corrected chi connectivity index (χ3v) is 5.12. The second-order valence-corrected chi connectivity index (χ2v) is 6.86. The summed E-state index contributed by atoms with van der Waals surface area (Å²) in [6.45, 7) is 6.93. The van der Waals surface area contributed by atoms with Gasteiger partial charge in [-0.25, -0.2) is 9.78 Å². The minimum Gasteiger partial charge on any atom is -0.338 e. The fourth-order valence-electron chi connectivity index (χ4n) is 3.75. The second kappa shape index (κ2) is 7.81. The lowest BCUT2D eigenvalue weighted by Crippen LogP contribution is -2.42. The molecule has 6 nitrogen and oxygen atoms in total. The van der Waals surface area contributed by atoms with Crippen LogP contribution in [0.2, 0.25) is 0 Å².